The number of hydrogen-bond donors (Lipinski definition) is 1. The molecule has 5 heteroatoms. The van der Waals surface area contributed by atoms with Gasteiger partial charge in [0, 0.05) is 15.4 Å². The Balaban J connectivity index is 2.27. The summed E-state index contributed by atoms with van der Waals surface area (Å²) in [6, 6.07) is 6.62. The highest BCUT2D eigenvalue weighted by Gasteiger charge is 2.25. The highest BCUT2D eigenvalue weighted by atomic mass is 79.9. The van der Waals surface area contributed by atoms with Crippen molar-refractivity contribution in [2.75, 3.05) is 19.3 Å². The Morgan fingerprint density at radius 1 is 1.65 bits per heavy atom. The molecule has 1 aliphatic heterocycles. The molecule has 0 aliphatic carbocycles. The standard InChI is InChI=1S/C12H15BrN2OS/c1-15(7-12(14)16)10-4-5-17-11-3-2-8(13)6-9(10)11/h2-3,6,10H,4-5,7H2,1H3,(H2,14,16)/t10-/m1/s1. The third kappa shape index (κ3) is 3.03. The fourth-order valence-electron chi connectivity index (χ4n) is 2.16. The van der Waals surface area contributed by atoms with Crippen molar-refractivity contribution in [1.82, 2.24) is 4.90 Å². The molecule has 1 aromatic rings. The number of nitrogens with zero attached hydrogens (tertiary/aromatic N) is 1. The van der Waals surface area contributed by atoms with E-state index in [0.717, 1.165) is 16.6 Å². The normalized spacial score (nSPS) is 19.1. The smallest absolute Gasteiger partial charge is 0.231 e. The average Bonchev–Trinajstić information content (AvgIpc) is 2.27. The molecule has 1 amide bonds. The Kier molecular flexibility index (Phi) is 4.12. The van der Waals surface area contributed by atoms with E-state index >= 15 is 0 Å². The van der Waals surface area contributed by atoms with Crippen LogP contribution < -0.4 is 5.73 Å². The van der Waals surface area contributed by atoms with Gasteiger partial charge < -0.3 is 5.73 Å². The largest absolute Gasteiger partial charge is 0.369 e. The second kappa shape index (κ2) is 5.42. The summed E-state index contributed by atoms with van der Waals surface area (Å²) in [5.41, 5.74) is 6.55. The van der Waals surface area contributed by atoms with E-state index in [1.54, 1.807) is 0 Å². The van der Waals surface area contributed by atoms with Gasteiger partial charge in [-0.05, 0) is 43.0 Å². The molecule has 3 nitrogen and oxygen atoms in total. The van der Waals surface area contributed by atoms with Gasteiger partial charge in [0.15, 0.2) is 0 Å². The van der Waals surface area contributed by atoms with Crippen LogP contribution in [0.25, 0.3) is 0 Å². The quantitative estimate of drug-likeness (QED) is 0.932. The van der Waals surface area contributed by atoms with Gasteiger partial charge in [0.1, 0.15) is 0 Å². The van der Waals surface area contributed by atoms with Crippen LogP contribution in [-0.2, 0) is 4.79 Å². The molecule has 17 heavy (non-hydrogen) atoms. The molecule has 0 saturated heterocycles. The van der Waals surface area contributed by atoms with E-state index in [1.807, 2.05) is 23.7 Å². The number of fused-ring (bicyclic) bond motifs is 1. The van der Waals surface area contributed by atoms with Crippen LogP contribution in [0.4, 0.5) is 0 Å². The van der Waals surface area contributed by atoms with Crippen molar-refractivity contribution in [3.63, 3.8) is 0 Å². The highest BCUT2D eigenvalue weighted by Crippen LogP contribution is 2.39. The number of hydrogen-bond acceptors (Lipinski definition) is 3. The van der Waals surface area contributed by atoms with Crippen LogP contribution in [0.1, 0.15) is 18.0 Å². The van der Waals surface area contributed by atoms with Gasteiger partial charge in [0.05, 0.1) is 6.54 Å². The average molecular weight is 315 g/mol. The summed E-state index contributed by atoms with van der Waals surface area (Å²) in [5, 5.41) is 0. The molecule has 1 atom stereocenters. The molecule has 0 fully saturated rings. The lowest BCUT2D eigenvalue weighted by atomic mass is 10.0. The van der Waals surface area contributed by atoms with E-state index in [-0.39, 0.29) is 11.9 Å². The number of carbonyl (C=O) groups is 1. The third-order valence-electron chi connectivity index (χ3n) is 2.92. The Labute approximate surface area is 114 Å². The van der Waals surface area contributed by atoms with Gasteiger partial charge in [0.2, 0.25) is 5.91 Å². The molecule has 1 aliphatic rings. The summed E-state index contributed by atoms with van der Waals surface area (Å²) in [6.07, 6.45) is 1.05. The molecule has 0 bridgehead atoms. The van der Waals surface area contributed by atoms with Gasteiger partial charge in [-0.15, -0.1) is 11.8 Å². The molecule has 1 aromatic carbocycles. The predicted octanol–water partition coefficient (Wildman–Crippen LogP) is 2.40. The number of amides is 1. The second-order valence-corrected chi connectivity index (χ2v) is 6.27. The van der Waals surface area contributed by atoms with E-state index in [1.165, 1.54) is 10.5 Å². The van der Waals surface area contributed by atoms with Gasteiger partial charge in [-0.3, -0.25) is 9.69 Å². The molecule has 2 rings (SSSR count). The minimum absolute atomic E-state index is 0.276. The van der Waals surface area contributed by atoms with Crippen molar-refractivity contribution in [1.29, 1.82) is 0 Å². The van der Waals surface area contributed by atoms with Crippen LogP contribution in [0.15, 0.2) is 27.6 Å². The molecule has 0 saturated carbocycles. The van der Waals surface area contributed by atoms with Crippen molar-refractivity contribution >= 4 is 33.6 Å². The summed E-state index contributed by atoms with van der Waals surface area (Å²) >= 11 is 5.37. The lowest BCUT2D eigenvalue weighted by Gasteiger charge is -2.32. The van der Waals surface area contributed by atoms with Crippen molar-refractivity contribution in [3.05, 3.63) is 28.2 Å². The molecular weight excluding hydrogens is 300 g/mol. The summed E-state index contributed by atoms with van der Waals surface area (Å²) in [6.45, 7) is 0.307. The molecule has 0 radical (unpaired) electrons. The first-order valence-electron chi connectivity index (χ1n) is 5.48. The minimum atomic E-state index is -0.276. The van der Waals surface area contributed by atoms with E-state index in [2.05, 4.69) is 34.1 Å². The summed E-state index contributed by atoms with van der Waals surface area (Å²) in [4.78, 5) is 14.3. The van der Waals surface area contributed by atoms with Crippen LogP contribution >= 0.6 is 27.7 Å². The number of nitrogens with two attached hydrogens (primary N) is 1. The maximum absolute atomic E-state index is 11.0. The zero-order chi connectivity index (χ0) is 12.4. The van der Waals surface area contributed by atoms with Crippen molar-refractivity contribution in [2.45, 2.75) is 17.4 Å². The Hall–Kier alpha value is -0.520. The van der Waals surface area contributed by atoms with Gasteiger partial charge >= 0.3 is 0 Å². The first-order valence-corrected chi connectivity index (χ1v) is 7.26. The summed E-state index contributed by atoms with van der Waals surface area (Å²) in [5.74, 6) is 0.810. The number of thioether (sulfide) groups is 1. The zero-order valence-electron chi connectivity index (χ0n) is 9.65. The number of benzene rings is 1. The fourth-order valence-corrected chi connectivity index (χ4v) is 3.63. The SMILES string of the molecule is CN(CC(N)=O)[C@@H]1CCSc2ccc(Br)cc21. The molecule has 92 valence electrons. The van der Waals surface area contributed by atoms with Crippen molar-refractivity contribution < 1.29 is 4.79 Å². The number of likely N-dealkylation sites (N-methyl/N-ethyl adjacent to an activating group) is 1. The number of rotatable bonds is 3. The topological polar surface area (TPSA) is 46.3 Å². The van der Waals surface area contributed by atoms with Gasteiger partial charge in [-0.25, -0.2) is 0 Å². The fraction of sp³-hybridized carbons (Fsp3) is 0.417. The van der Waals surface area contributed by atoms with Gasteiger partial charge in [0.25, 0.3) is 0 Å². The van der Waals surface area contributed by atoms with E-state index in [4.69, 9.17) is 5.73 Å². The molecule has 0 aromatic heterocycles. The maximum Gasteiger partial charge on any atom is 0.231 e. The van der Waals surface area contributed by atoms with E-state index in [0.29, 0.717) is 6.54 Å². The lowest BCUT2D eigenvalue weighted by molar-refractivity contribution is -0.119. The Morgan fingerprint density at radius 3 is 3.12 bits per heavy atom. The van der Waals surface area contributed by atoms with Crippen LogP contribution in [-0.4, -0.2) is 30.2 Å². The predicted molar refractivity (Wildman–Crippen MR) is 74.0 cm³/mol. The molecule has 0 spiro atoms. The van der Waals surface area contributed by atoms with Gasteiger partial charge in [-0.1, -0.05) is 15.9 Å². The number of carbonyl (C=O) groups excluding carboxylic acids is 1. The first-order chi connectivity index (χ1) is 8.08. The van der Waals surface area contributed by atoms with Crippen LogP contribution in [0.2, 0.25) is 0 Å². The van der Waals surface area contributed by atoms with Crippen LogP contribution in [0.3, 0.4) is 0 Å². The third-order valence-corrected chi connectivity index (χ3v) is 4.53. The first kappa shape index (κ1) is 12.9. The molecule has 1 heterocycles. The highest BCUT2D eigenvalue weighted by molar-refractivity contribution is 9.10. The molecule has 0 unspecified atom stereocenters. The minimum Gasteiger partial charge on any atom is -0.369 e. The van der Waals surface area contributed by atoms with E-state index in [9.17, 15) is 4.79 Å². The van der Waals surface area contributed by atoms with Gasteiger partial charge in [-0.2, -0.15) is 0 Å². The number of halogens is 1. The maximum atomic E-state index is 11.0. The van der Waals surface area contributed by atoms with Crippen molar-refractivity contribution in [3.8, 4) is 0 Å². The van der Waals surface area contributed by atoms with E-state index < -0.39 is 0 Å². The monoisotopic (exact) mass is 314 g/mol. The molecule has 2 N–H and O–H groups in total. The van der Waals surface area contributed by atoms with Crippen LogP contribution in [0.5, 0.6) is 0 Å². The lowest BCUT2D eigenvalue weighted by Crippen LogP contribution is -2.35. The molecular formula is C12H15BrN2OS. The summed E-state index contributed by atoms with van der Waals surface area (Å²) in [7, 11) is 1.95. The Morgan fingerprint density at radius 2 is 2.41 bits per heavy atom. The number of primary amides is 1. The van der Waals surface area contributed by atoms with Crippen molar-refractivity contribution in [2.24, 2.45) is 5.73 Å². The Bertz CT molecular complexity index is 439. The zero-order valence-corrected chi connectivity index (χ0v) is 12.1. The van der Waals surface area contributed by atoms with Crippen LogP contribution in [0, 0.1) is 0 Å². The second-order valence-electron chi connectivity index (χ2n) is 4.22. The summed E-state index contributed by atoms with van der Waals surface area (Å²) < 4.78 is 1.08.